The average Bonchev–Trinajstić information content (AvgIpc) is 3.15. The van der Waals surface area contributed by atoms with Crippen molar-refractivity contribution in [1.29, 1.82) is 0 Å². The van der Waals surface area contributed by atoms with Gasteiger partial charge in [-0.3, -0.25) is 4.79 Å². The highest BCUT2D eigenvalue weighted by Crippen LogP contribution is 2.25. The lowest BCUT2D eigenvalue weighted by molar-refractivity contribution is 0.101. The number of para-hydroxylation sites is 1. The molecule has 4 aromatic rings. The molecule has 0 bridgehead atoms. The van der Waals surface area contributed by atoms with E-state index in [1.54, 1.807) is 49.7 Å². The van der Waals surface area contributed by atoms with Crippen LogP contribution in [0.5, 0.6) is 5.88 Å². The number of anilines is 1. The van der Waals surface area contributed by atoms with Crippen molar-refractivity contribution in [1.82, 2.24) is 9.55 Å². The Hall–Kier alpha value is -3.71. The lowest BCUT2D eigenvalue weighted by Crippen LogP contribution is -2.19. The predicted molar refractivity (Wildman–Crippen MR) is 117 cm³/mol. The van der Waals surface area contributed by atoms with Crippen molar-refractivity contribution in [3.8, 4) is 5.88 Å². The Kier molecular flexibility index (Phi) is 6.24. The van der Waals surface area contributed by atoms with Crippen LogP contribution in [0.1, 0.15) is 16.1 Å². The van der Waals surface area contributed by atoms with Crippen LogP contribution in [0.2, 0.25) is 0 Å². The Labute approximate surface area is 179 Å². The number of pyridine rings is 1. The molecule has 2 aromatic heterocycles. The van der Waals surface area contributed by atoms with Gasteiger partial charge in [-0.15, -0.1) is 0 Å². The Balaban J connectivity index is 1.67. The van der Waals surface area contributed by atoms with Crippen molar-refractivity contribution >= 4 is 22.5 Å². The summed E-state index contributed by atoms with van der Waals surface area (Å²) >= 11 is 0. The second-order valence-corrected chi connectivity index (χ2v) is 6.92. The zero-order valence-corrected chi connectivity index (χ0v) is 17.0. The third kappa shape index (κ3) is 4.57. The number of amides is 1. The van der Waals surface area contributed by atoms with E-state index in [0.717, 1.165) is 10.9 Å². The number of fused-ring (bicyclic) bond motifs is 1. The van der Waals surface area contributed by atoms with Gasteiger partial charge in [0.2, 0.25) is 5.88 Å². The molecule has 0 saturated carbocycles. The molecule has 2 aromatic carbocycles. The second-order valence-electron chi connectivity index (χ2n) is 6.92. The SMILES string of the molecule is COCCOc1ncccc1NC(=O)c1cc2ccccc2n1Cc1ccccc1F. The van der Waals surface area contributed by atoms with Crippen molar-refractivity contribution in [2.45, 2.75) is 6.54 Å². The predicted octanol–water partition coefficient (Wildman–Crippen LogP) is 4.50. The zero-order chi connectivity index (χ0) is 21.6. The van der Waals surface area contributed by atoms with Gasteiger partial charge in [0.1, 0.15) is 23.8 Å². The maximum atomic E-state index is 14.3. The van der Waals surface area contributed by atoms with Crippen LogP contribution < -0.4 is 10.1 Å². The van der Waals surface area contributed by atoms with E-state index in [2.05, 4.69) is 10.3 Å². The number of hydrogen-bond donors (Lipinski definition) is 1. The van der Waals surface area contributed by atoms with Gasteiger partial charge in [0.25, 0.3) is 5.91 Å². The molecule has 4 rings (SSSR count). The van der Waals surface area contributed by atoms with Crippen LogP contribution in [-0.4, -0.2) is 35.8 Å². The number of rotatable bonds is 8. The van der Waals surface area contributed by atoms with Crippen LogP contribution in [0, 0.1) is 5.82 Å². The van der Waals surface area contributed by atoms with Crippen molar-refractivity contribution in [2.24, 2.45) is 0 Å². The fraction of sp³-hybridized carbons (Fsp3) is 0.167. The van der Waals surface area contributed by atoms with Gasteiger partial charge in [0.05, 0.1) is 13.2 Å². The third-order valence-corrected chi connectivity index (χ3v) is 4.88. The fourth-order valence-corrected chi connectivity index (χ4v) is 3.37. The Bertz CT molecular complexity index is 1210. The lowest BCUT2D eigenvalue weighted by Gasteiger charge is -2.14. The Morgan fingerprint density at radius 2 is 1.87 bits per heavy atom. The molecule has 0 radical (unpaired) electrons. The van der Waals surface area contributed by atoms with Crippen LogP contribution in [0.3, 0.4) is 0 Å². The summed E-state index contributed by atoms with van der Waals surface area (Å²) in [6.45, 7) is 0.942. The summed E-state index contributed by atoms with van der Waals surface area (Å²) in [5.41, 5.74) is 2.21. The molecule has 0 aliphatic rings. The van der Waals surface area contributed by atoms with E-state index >= 15 is 0 Å². The molecule has 0 unspecified atom stereocenters. The number of benzene rings is 2. The highest BCUT2D eigenvalue weighted by molar-refractivity contribution is 6.07. The number of halogens is 1. The third-order valence-electron chi connectivity index (χ3n) is 4.88. The minimum atomic E-state index is -0.336. The number of nitrogens with zero attached hydrogens (tertiary/aromatic N) is 2. The molecule has 0 aliphatic heterocycles. The highest BCUT2D eigenvalue weighted by atomic mass is 19.1. The molecule has 0 saturated heterocycles. The van der Waals surface area contributed by atoms with Crippen LogP contribution in [-0.2, 0) is 11.3 Å². The van der Waals surface area contributed by atoms with E-state index in [1.165, 1.54) is 6.07 Å². The monoisotopic (exact) mass is 419 g/mol. The first kappa shape index (κ1) is 20.6. The van der Waals surface area contributed by atoms with Crippen LogP contribution in [0.25, 0.3) is 10.9 Å². The van der Waals surface area contributed by atoms with Crippen molar-refractivity contribution < 1.29 is 18.7 Å². The number of nitrogens with one attached hydrogen (secondary N) is 1. The summed E-state index contributed by atoms with van der Waals surface area (Å²) in [6, 6.07) is 19.4. The van der Waals surface area contributed by atoms with E-state index in [-0.39, 0.29) is 18.3 Å². The zero-order valence-electron chi connectivity index (χ0n) is 17.0. The van der Waals surface area contributed by atoms with Crippen LogP contribution >= 0.6 is 0 Å². The lowest BCUT2D eigenvalue weighted by atomic mass is 10.2. The van der Waals surface area contributed by atoms with Crippen LogP contribution in [0.15, 0.2) is 72.9 Å². The summed E-state index contributed by atoms with van der Waals surface area (Å²) in [6.07, 6.45) is 1.59. The first-order chi connectivity index (χ1) is 15.2. The highest BCUT2D eigenvalue weighted by Gasteiger charge is 2.18. The topological polar surface area (TPSA) is 65.4 Å². The van der Waals surface area contributed by atoms with Gasteiger partial charge in [-0.2, -0.15) is 0 Å². The molecule has 0 fully saturated rings. The van der Waals surface area contributed by atoms with E-state index in [4.69, 9.17) is 9.47 Å². The molecule has 6 nitrogen and oxygen atoms in total. The maximum absolute atomic E-state index is 14.3. The summed E-state index contributed by atoms with van der Waals surface area (Å²) in [4.78, 5) is 17.4. The normalized spacial score (nSPS) is 10.9. The molecule has 7 heteroatoms. The number of carbonyl (C=O) groups excluding carboxylic acids is 1. The molecule has 1 amide bonds. The van der Waals surface area contributed by atoms with Gasteiger partial charge in [0.15, 0.2) is 0 Å². The quantitative estimate of drug-likeness (QED) is 0.427. The largest absolute Gasteiger partial charge is 0.474 e. The second kappa shape index (κ2) is 9.40. The first-order valence-corrected chi connectivity index (χ1v) is 9.87. The van der Waals surface area contributed by atoms with E-state index < -0.39 is 0 Å². The molecular weight excluding hydrogens is 397 g/mol. The standard InChI is InChI=1S/C24H22FN3O3/c1-30-13-14-31-24-20(10-6-12-26-24)27-23(29)22-15-17-7-3-5-11-21(17)28(22)16-18-8-2-4-9-19(18)25/h2-12,15H,13-14,16H2,1H3,(H,27,29). The molecular formula is C24H22FN3O3. The van der Waals surface area contributed by atoms with Crippen molar-refractivity contribution in [2.75, 3.05) is 25.6 Å². The Morgan fingerprint density at radius 1 is 1.06 bits per heavy atom. The average molecular weight is 419 g/mol. The maximum Gasteiger partial charge on any atom is 0.272 e. The van der Waals surface area contributed by atoms with Crippen molar-refractivity contribution in [3.63, 3.8) is 0 Å². The molecule has 0 aliphatic carbocycles. The van der Waals surface area contributed by atoms with Crippen LogP contribution in [0.4, 0.5) is 10.1 Å². The summed E-state index contributed by atoms with van der Waals surface area (Å²) in [7, 11) is 1.58. The van der Waals surface area contributed by atoms with Gasteiger partial charge >= 0.3 is 0 Å². The molecule has 0 atom stereocenters. The summed E-state index contributed by atoms with van der Waals surface area (Å²) in [5, 5.41) is 3.77. The number of aromatic nitrogens is 2. The molecule has 1 N–H and O–H groups in total. The number of ether oxygens (including phenoxy) is 2. The van der Waals surface area contributed by atoms with Gasteiger partial charge in [0, 0.05) is 29.8 Å². The summed E-state index contributed by atoms with van der Waals surface area (Å²) in [5.74, 6) is -0.338. The molecule has 158 valence electrons. The number of carbonyl (C=O) groups is 1. The van der Waals surface area contributed by atoms with Gasteiger partial charge < -0.3 is 19.4 Å². The van der Waals surface area contributed by atoms with Gasteiger partial charge in [-0.25, -0.2) is 9.37 Å². The molecule has 2 heterocycles. The number of methoxy groups -OCH3 is 1. The van der Waals surface area contributed by atoms with Gasteiger partial charge in [-0.1, -0.05) is 36.4 Å². The van der Waals surface area contributed by atoms with Gasteiger partial charge in [-0.05, 0) is 30.3 Å². The Morgan fingerprint density at radius 3 is 2.71 bits per heavy atom. The minimum Gasteiger partial charge on any atom is -0.474 e. The fourth-order valence-electron chi connectivity index (χ4n) is 3.37. The number of hydrogen-bond acceptors (Lipinski definition) is 4. The van der Waals surface area contributed by atoms with E-state index in [1.807, 2.05) is 28.8 Å². The van der Waals surface area contributed by atoms with E-state index in [0.29, 0.717) is 36.0 Å². The molecule has 0 spiro atoms. The first-order valence-electron chi connectivity index (χ1n) is 9.87. The smallest absolute Gasteiger partial charge is 0.272 e. The minimum absolute atomic E-state index is 0.229. The van der Waals surface area contributed by atoms with Crippen molar-refractivity contribution in [3.05, 3.63) is 90.0 Å². The summed E-state index contributed by atoms with van der Waals surface area (Å²) < 4.78 is 26.7. The molecule has 31 heavy (non-hydrogen) atoms. The van der Waals surface area contributed by atoms with E-state index in [9.17, 15) is 9.18 Å².